The summed E-state index contributed by atoms with van der Waals surface area (Å²) < 4.78 is 5.75. The van der Waals surface area contributed by atoms with Gasteiger partial charge in [0.05, 0.1) is 17.1 Å². The van der Waals surface area contributed by atoms with Crippen LogP contribution in [0.25, 0.3) is 0 Å². The van der Waals surface area contributed by atoms with Crippen molar-refractivity contribution in [1.29, 1.82) is 0 Å². The molecule has 3 rings (SSSR count). The summed E-state index contributed by atoms with van der Waals surface area (Å²) in [5, 5.41) is 11.9. The largest absolute Gasteiger partial charge is 0.372 e. The highest BCUT2D eigenvalue weighted by molar-refractivity contribution is 5.71. The number of nitrogens with zero attached hydrogens (tertiary/aromatic N) is 5. The molecule has 2 heterocycles. The monoisotopic (exact) mass is 349 g/mol. The summed E-state index contributed by atoms with van der Waals surface area (Å²) >= 11 is 0. The summed E-state index contributed by atoms with van der Waals surface area (Å²) in [5.41, 5.74) is 0.0258. The SMILES string of the molecule is CCCN(CC1CC1)c1ncnc(N2CC(C)OC(C)C2)c1[N+](=O)[O-]. The van der Waals surface area contributed by atoms with Crippen molar-refractivity contribution in [3.05, 3.63) is 16.4 Å². The summed E-state index contributed by atoms with van der Waals surface area (Å²) in [7, 11) is 0. The Kier molecular flexibility index (Phi) is 5.36. The maximum Gasteiger partial charge on any atom is 0.353 e. The summed E-state index contributed by atoms with van der Waals surface area (Å²) in [5.74, 6) is 1.50. The van der Waals surface area contributed by atoms with E-state index in [2.05, 4.69) is 21.8 Å². The van der Waals surface area contributed by atoms with Gasteiger partial charge in [0.25, 0.3) is 0 Å². The van der Waals surface area contributed by atoms with Crippen molar-refractivity contribution < 1.29 is 9.66 Å². The fourth-order valence-electron chi connectivity index (χ4n) is 3.50. The number of nitro groups is 1. The van der Waals surface area contributed by atoms with E-state index < -0.39 is 0 Å². The van der Waals surface area contributed by atoms with Crippen LogP contribution in [0.15, 0.2) is 6.33 Å². The van der Waals surface area contributed by atoms with Crippen molar-refractivity contribution in [2.45, 2.75) is 52.2 Å². The van der Waals surface area contributed by atoms with Crippen LogP contribution in [-0.4, -0.2) is 53.3 Å². The Morgan fingerprint density at radius 2 is 2.00 bits per heavy atom. The van der Waals surface area contributed by atoms with Gasteiger partial charge in [-0.25, -0.2) is 9.97 Å². The second kappa shape index (κ2) is 7.51. The highest BCUT2D eigenvalue weighted by Crippen LogP contribution is 2.38. The lowest BCUT2D eigenvalue weighted by molar-refractivity contribution is -0.383. The summed E-state index contributed by atoms with van der Waals surface area (Å²) in [4.78, 5) is 24.2. The first-order chi connectivity index (χ1) is 12.0. The first-order valence-corrected chi connectivity index (χ1v) is 9.14. The predicted octanol–water partition coefficient (Wildman–Crippen LogP) is 2.62. The minimum Gasteiger partial charge on any atom is -0.372 e. The standard InChI is InChI=1S/C17H27N5O3/c1-4-7-20(10-14-5-6-14)16-15(22(23)24)17(19-11-18-16)21-8-12(2)25-13(3)9-21/h11-14H,4-10H2,1-3H3. The molecule has 0 spiro atoms. The lowest BCUT2D eigenvalue weighted by Crippen LogP contribution is -2.46. The Hall–Kier alpha value is -1.96. The average Bonchev–Trinajstić information content (AvgIpc) is 3.37. The Morgan fingerprint density at radius 1 is 1.32 bits per heavy atom. The topological polar surface area (TPSA) is 84.6 Å². The van der Waals surface area contributed by atoms with E-state index >= 15 is 0 Å². The van der Waals surface area contributed by atoms with Gasteiger partial charge in [-0.3, -0.25) is 10.1 Å². The number of hydrogen-bond acceptors (Lipinski definition) is 7. The minimum atomic E-state index is -0.328. The molecule has 0 amide bonds. The van der Waals surface area contributed by atoms with Crippen LogP contribution in [0.1, 0.15) is 40.0 Å². The van der Waals surface area contributed by atoms with Crippen LogP contribution in [-0.2, 0) is 4.74 Å². The Labute approximate surface area is 148 Å². The van der Waals surface area contributed by atoms with Crippen molar-refractivity contribution in [3.63, 3.8) is 0 Å². The van der Waals surface area contributed by atoms with Gasteiger partial charge in [0, 0.05) is 26.2 Å². The molecular formula is C17H27N5O3. The predicted molar refractivity (Wildman–Crippen MR) is 96.1 cm³/mol. The second-order valence-corrected chi connectivity index (χ2v) is 7.18. The Bertz CT molecular complexity index is 589. The third-order valence-electron chi connectivity index (χ3n) is 4.65. The highest BCUT2D eigenvalue weighted by Gasteiger charge is 2.34. The summed E-state index contributed by atoms with van der Waals surface area (Å²) in [6, 6.07) is 0. The highest BCUT2D eigenvalue weighted by atomic mass is 16.6. The van der Waals surface area contributed by atoms with Crippen LogP contribution in [0.4, 0.5) is 17.3 Å². The lowest BCUT2D eigenvalue weighted by Gasteiger charge is -2.36. The van der Waals surface area contributed by atoms with E-state index in [1.54, 1.807) is 0 Å². The van der Waals surface area contributed by atoms with Crippen molar-refractivity contribution >= 4 is 17.3 Å². The lowest BCUT2D eigenvalue weighted by atomic mass is 10.2. The first-order valence-electron chi connectivity index (χ1n) is 9.14. The van der Waals surface area contributed by atoms with E-state index in [-0.39, 0.29) is 22.8 Å². The Balaban J connectivity index is 1.96. The van der Waals surface area contributed by atoms with Gasteiger partial charge in [0.1, 0.15) is 6.33 Å². The van der Waals surface area contributed by atoms with Crippen molar-refractivity contribution in [1.82, 2.24) is 9.97 Å². The molecule has 1 aliphatic carbocycles. The van der Waals surface area contributed by atoms with Crippen LogP contribution in [0.3, 0.4) is 0 Å². The average molecular weight is 349 g/mol. The molecule has 1 saturated heterocycles. The van der Waals surface area contributed by atoms with Gasteiger partial charge in [-0.05, 0) is 39.0 Å². The maximum absolute atomic E-state index is 11.9. The molecule has 25 heavy (non-hydrogen) atoms. The van der Waals surface area contributed by atoms with E-state index in [0.29, 0.717) is 30.6 Å². The fourth-order valence-corrected chi connectivity index (χ4v) is 3.50. The molecule has 1 saturated carbocycles. The maximum atomic E-state index is 11.9. The number of ether oxygens (including phenoxy) is 1. The van der Waals surface area contributed by atoms with Gasteiger partial charge >= 0.3 is 5.69 Å². The number of hydrogen-bond donors (Lipinski definition) is 0. The molecule has 0 radical (unpaired) electrons. The molecule has 0 N–H and O–H groups in total. The van der Waals surface area contributed by atoms with Gasteiger partial charge in [0.2, 0.25) is 11.6 Å². The molecule has 138 valence electrons. The van der Waals surface area contributed by atoms with Crippen LogP contribution < -0.4 is 9.80 Å². The summed E-state index contributed by atoms with van der Waals surface area (Å²) in [6.45, 7) is 8.83. The zero-order valence-corrected chi connectivity index (χ0v) is 15.2. The zero-order valence-electron chi connectivity index (χ0n) is 15.2. The van der Waals surface area contributed by atoms with Gasteiger partial charge in [-0.1, -0.05) is 6.92 Å². The van der Waals surface area contributed by atoms with E-state index in [1.165, 1.54) is 19.2 Å². The molecular weight excluding hydrogens is 322 g/mol. The van der Waals surface area contributed by atoms with Crippen LogP contribution in [0.2, 0.25) is 0 Å². The molecule has 8 nitrogen and oxygen atoms in total. The van der Waals surface area contributed by atoms with E-state index in [0.717, 1.165) is 19.5 Å². The zero-order chi connectivity index (χ0) is 18.0. The first kappa shape index (κ1) is 17.8. The molecule has 0 bridgehead atoms. The number of aromatic nitrogens is 2. The number of anilines is 2. The molecule has 2 unspecified atom stereocenters. The fraction of sp³-hybridized carbons (Fsp3) is 0.765. The quantitative estimate of drug-likeness (QED) is 0.552. The van der Waals surface area contributed by atoms with Crippen molar-refractivity contribution in [2.24, 2.45) is 5.92 Å². The number of morpholine rings is 1. The molecule has 0 aromatic carbocycles. The number of rotatable bonds is 7. The Morgan fingerprint density at radius 3 is 2.56 bits per heavy atom. The molecule has 2 aliphatic rings. The van der Waals surface area contributed by atoms with Crippen LogP contribution >= 0.6 is 0 Å². The van der Waals surface area contributed by atoms with Crippen LogP contribution in [0, 0.1) is 16.0 Å². The molecule has 8 heteroatoms. The minimum absolute atomic E-state index is 0.0139. The van der Waals surface area contributed by atoms with Gasteiger partial charge in [-0.15, -0.1) is 0 Å². The third-order valence-corrected chi connectivity index (χ3v) is 4.65. The van der Waals surface area contributed by atoms with Gasteiger partial charge in [-0.2, -0.15) is 0 Å². The van der Waals surface area contributed by atoms with E-state index in [9.17, 15) is 10.1 Å². The molecule has 1 aromatic heterocycles. The molecule has 1 aromatic rings. The second-order valence-electron chi connectivity index (χ2n) is 7.18. The molecule has 1 aliphatic heterocycles. The summed E-state index contributed by atoms with van der Waals surface area (Å²) in [6.07, 6.45) is 4.81. The molecule has 2 atom stereocenters. The van der Waals surface area contributed by atoms with Gasteiger partial charge < -0.3 is 14.5 Å². The third kappa shape index (κ3) is 4.18. The smallest absolute Gasteiger partial charge is 0.353 e. The van der Waals surface area contributed by atoms with Crippen molar-refractivity contribution in [3.8, 4) is 0 Å². The van der Waals surface area contributed by atoms with Crippen molar-refractivity contribution in [2.75, 3.05) is 36.0 Å². The van der Waals surface area contributed by atoms with Gasteiger partial charge in [0.15, 0.2) is 0 Å². The van der Waals surface area contributed by atoms with E-state index in [1.807, 2.05) is 18.7 Å². The normalized spacial score (nSPS) is 23.6. The van der Waals surface area contributed by atoms with E-state index in [4.69, 9.17) is 4.74 Å². The van der Waals surface area contributed by atoms with Crippen LogP contribution in [0.5, 0.6) is 0 Å². The molecule has 2 fully saturated rings.